The summed E-state index contributed by atoms with van der Waals surface area (Å²) in [5.74, 6) is -0.713. The van der Waals surface area contributed by atoms with Gasteiger partial charge in [0.25, 0.3) is 0 Å². The number of aliphatic hydroxyl groups is 7. The molecule has 57 heavy (non-hydrogen) atoms. The number of nitrogens with one attached hydrogen (secondary N) is 1. The van der Waals surface area contributed by atoms with Gasteiger partial charge in [0, 0.05) is 0 Å². The average Bonchev–Trinajstić information content (AvgIpc) is 3.21. The molecule has 0 aromatic rings. The number of ether oxygens (including phenoxy) is 2. The predicted molar refractivity (Wildman–Crippen MR) is 228 cm³/mol. The standard InChI is InChI=1S/C46H85NO10/c1-3-5-7-9-11-13-15-17-18-19-20-22-24-26-28-30-32-34-39(50)45(55)47-37(36-56-46-44(54)43(53)42(52)40(35-48)57-46)41(51)38(49)33-31-29-27-25-23-21-16-14-12-10-8-6-4-2/h6,8,14,16,25,27,37-44,46,48-54H,3-5,7,9-13,15,17-24,26,28-36H2,1-2H3,(H,47,55)/b8-6+,16-14+,27-25+. The van der Waals surface area contributed by atoms with Gasteiger partial charge in [0.15, 0.2) is 6.29 Å². The smallest absolute Gasteiger partial charge is 0.249 e. The van der Waals surface area contributed by atoms with Gasteiger partial charge in [0.05, 0.1) is 25.4 Å². The number of carbonyl (C=O) groups excluding carboxylic acids is 1. The molecule has 9 unspecified atom stereocenters. The van der Waals surface area contributed by atoms with E-state index in [1.165, 1.54) is 83.5 Å². The number of hydrogen-bond donors (Lipinski definition) is 8. The normalized spacial score (nSPS) is 22.4. The van der Waals surface area contributed by atoms with Crippen LogP contribution in [-0.4, -0.2) is 110 Å². The summed E-state index contributed by atoms with van der Waals surface area (Å²) in [7, 11) is 0. The maximum Gasteiger partial charge on any atom is 0.249 e. The van der Waals surface area contributed by atoms with Crippen LogP contribution in [0.25, 0.3) is 0 Å². The van der Waals surface area contributed by atoms with Gasteiger partial charge in [-0.2, -0.15) is 0 Å². The molecule has 0 bridgehead atoms. The summed E-state index contributed by atoms with van der Waals surface area (Å²) in [4.78, 5) is 13.1. The third-order valence-electron chi connectivity index (χ3n) is 10.9. The first-order chi connectivity index (χ1) is 27.7. The first kappa shape index (κ1) is 53.3. The molecule has 1 aliphatic rings. The highest BCUT2D eigenvalue weighted by molar-refractivity contribution is 5.80. The third-order valence-corrected chi connectivity index (χ3v) is 10.9. The van der Waals surface area contributed by atoms with Crippen LogP contribution in [0.3, 0.4) is 0 Å². The number of amides is 1. The first-order valence-electron chi connectivity index (χ1n) is 22.9. The summed E-state index contributed by atoms with van der Waals surface area (Å²) in [6.07, 6.45) is 29.1. The zero-order valence-corrected chi connectivity index (χ0v) is 35.8. The van der Waals surface area contributed by atoms with Crippen molar-refractivity contribution in [2.75, 3.05) is 13.2 Å². The quantitative estimate of drug-likeness (QED) is 0.0235. The van der Waals surface area contributed by atoms with Gasteiger partial charge in [-0.25, -0.2) is 0 Å². The summed E-state index contributed by atoms with van der Waals surface area (Å²) in [6, 6.07) is -1.19. The predicted octanol–water partition coefficient (Wildman–Crippen LogP) is 7.22. The molecule has 1 rings (SSSR count). The monoisotopic (exact) mass is 812 g/mol. The number of allylic oxidation sites excluding steroid dienone is 6. The van der Waals surface area contributed by atoms with E-state index in [0.717, 1.165) is 51.4 Å². The van der Waals surface area contributed by atoms with E-state index < -0.39 is 74.2 Å². The zero-order valence-electron chi connectivity index (χ0n) is 35.8. The average molecular weight is 812 g/mol. The first-order valence-corrected chi connectivity index (χ1v) is 22.9. The van der Waals surface area contributed by atoms with Crippen molar-refractivity contribution in [3.05, 3.63) is 36.5 Å². The van der Waals surface area contributed by atoms with Crippen molar-refractivity contribution in [2.24, 2.45) is 0 Å². The van der Waals surface area contributed by atoms with E-state index in [0.29, 0.717) is 19.3 Å². The Kier molecular flexibility index (Phi) is 33.9. The van der Waals surface area contributed by atoms with E-state index >= 15 is 0 Å². The Hall–Kier alpha value is -1.67. The molecule has 0 radical (unpaired) electrons. The van der Waals surface area contributed by atoms with Crippen LogP contribution in [0.1, 0.15) is 181 Å². The summed E-state index contributed by atoms with van der Waals surface area (Å²) < 4.78 is 11.1. The summed E-state index contributed by atoms with van der Waals surface area (Å²) >= 11 is 0. The van der Waals surface area contributed by atoms with Crippen molar-refractivity contribution in [1.29, 1.82) is 0 Å². The molecule has 1 amide bonds. The number of rotatable bonds is 37. The molecule has 11 heteroatoms. The van der Waals surface area contributed by atoms with Crippen molar-refractivity contribution in [1.82, 2.24) is 5.32 Å². The van der Waals surface area contributed by atoms with Crippen molar-refractivity contribution in [2.45, 2.75) is 236 Å². The van der Waals surface area contributed by atoms with E-state index in [2.05, 4.69) is 49.5 Å². The number of carbonyl (C=O) groups is 1. The lowest BCUT2D eigenvalue weighted by molar-refractivity contribution is -0.303. The third kappa shape index (κ3) is 26.2. The van der Waals surface area contributed by atoms with Crippen LogP contribution in [0.15, 0.2) is 36.5 Å². The van der Waals surface area contributed by atoms with Gasteiger partial charge in [-0.05, 0) is 57.8 Å². The van der Waals surface area contributed by atoms with Crippen LogP contribution < -0.4 is 5.32 Å². The van der Waals surface area contributed by atoms with Gasteiger partial charge < -0.3 is 50.5 Å². The Labute approximate surface area is 346 Å². The maximum atomic E-state index is 13.1. The van der Waals surface area contributed by atoms with Crippen LogP contribution in [0.5, 0.6) is 0 Å². The SMILES string of the molecule is CC/C=C/CC/C=C/CC/C=C/CCCC(O)C(O)C(COC1OC(CO)C(O)C(O)C1O)NC(=O)C(O)CCCCCCCCCCCCCCCCCCC. The molecule has 1 aliphatic heterocycles. The zero-order chi connectivity index (χ0) is 41.9. The Morgan fingerprint density at radius 1 is 0.614 bits per heavy atom. The number of aliphatic hydroxyl groups excluding tert-OH is 7. The van der Waals surface area contributed by atoms with Gasteiger partial charge in [0.1, 0.15) is 36.6 Å². The molecule has 334 valence electrons. The van der Waals surface area contributed by atoms with E-state index in [9.17, 15) is 40.5 Å². The van der Waals surface area contributed by atoms with Crippen LogP contribution in [-0.2, 0) is 14.3 Å². The molecular formula is C46H85NO10. The molecule has 1 fully saturated rings. The lowest BCUT2D eigenvalue weighted by Gasteiger charge is -2.40. The van der Waals surface area contributed by atoms with Gasteiger partial charge in [-0.15, -0.1) is 0 Å². The van der Waals surface area contributed by atoms with Crippen molar-refractivity contribution in [3.8, 4) is 0 Å². The fourth-order valence-corrected chi connectivity index (χ4v) is 7.13. The molecular weight excluding hydrogens is 727 g/mol. The minimum atomic E-state index is -1.67. The van der Waals surface area contributed by atoms with Gasteiger partial charge >= 0.3 is 0 Å². The molecule has 0 spiro atoms. The molecule has 11 nitrogen and oxygen atoms in total. The molecule has 0 saturated carbocycles. The van der Waals surface area contributed by atoms with Crippen LogP contribution in [0, 0.1) is 0 Å². The van der Waals surface area contributed by atoms with E-state index in [4.69, 9.17) is 9.47 Å². The number of hydrogen-bond acceptors (Lipinski definition) is 10. The lowest BCUT2D eigenvalue weighted by atomic mass is 9.98. The molecule has 1 saturated heterocycles. The molecule has 0 aromatic carbocycles. The number of unbranched alkanes of at least 4 members (excludes halogenated alkanes) is 19. The summed E-state index contributed by atoms with van der Waals surface area (Å²) in [6.45, 7) is 3.30. The molecule has 9 atom stereocenters. The molecule has 0 aliphatic carbocycles. The Morgan fingerprint density at radius 3 is 1.58 bits per heavy atom. The topological polar surface area (TPSA) is 189 Å². The van der Waals surface area contributed by atoms with Crippen LogP contribution in [0.4, 0.5) is 0 Å². The van der Waals surface area contributed by atoms with Crippen molar-refractivity contribution < 1.29 is 50.0 Å². The molecule has 0 aromatic heterocycles. The van der Waals surface area contributed by atoms with Crippen molar-refractivity contribution in [3.63, 3.8) is 0 Å². The highest BCUT2D eigenvalue weighted by Crippen LogP contribution is 2.23. The second-order valence-corrected chi connectivity index (χ2v) is 16.1. The minimum Gasteiger partial charge on any atom is -0.394 e. The highest BCUT2D eigenvalue weighted by Gasteiger charge is 2.44. The lowest BCUT2D eigenvalue weighted by Crippen LogP contribution is -2.60. The Bertz CT molecular complexity index is 1020. The second kappa shape index (κ2) is 36.2. The fourth-order valence-electron chi connectivity index (χ4n) is 7.13. The van der Waals surface area contributed by atoms with E-state index in [1.807, 2.05) is 6.08 Å². The summed E-state index contributed by atoms with van der Waals surface area (Å²) in [5.41, 5.74) is 0. The maximum absolute atomic E-state index is 13.1. The van der Waals surface area contributed by atoms with Crippen LogP contribution >= 0.6 is 0 Å². The minimum absolute atomic E-state index is 0.241. The van der Waals surface area contributed by atoms with Gasteiger partial charge in [-0.3, -0.25) is 4.79 Å². The van der Waals surface area contributed by atoms with Crippen molar-refractivity contribution >= 4 is 5.91 Å². The fraction of sp³-hybridized carbons (Fsp3) is 0.848. The second-order valence-electron chi connectivity index (χ2n) is 16.1. The largest absolute Gasteiger partial charge is 0.394 e. The molecule has 1 heterocycles. The highest BCUT2D eigenvalue weighted by atomic mass is 16.7. The van der Waals surface area contributed by atoms with E-state index in [-0.39, 0.29) is 12.8 Å². The Morgan fingerprint density at radius 2 is 1.09 bits per heavy atom. The molecule has 8 N–H and O–H groups in total. The van der Waals surface area contributed by atoms with Gasteiger partial charge in [0.2, 0.25) is 5.91 Å². The summed E-state index contributed by atoms with van der Waals surface area (Å²) in [5, 5.41) is 75.5. The van der Waals surface area contributed by atoms with Crippen LogP contribution in [0.2, 0.25) is 0 Å². The Balaban J connectivity index is 2.48. The van der Waals surface area contributed by atoms with Gasteiger partial charge in [-0.1, -0.05) is 159 Å². The van der Waals surface area contributed by atoms with E-state index in [1.54, 1.807) is 0 Å².